The number of ether oxygens (including phenoxy) is 1. The third kappa shape index (κ3) is 4.18. The van der Waals surface area contributed by atoms with E-state index in [2.05, 4.69) is 36.0 Å². The molecule has 0 bridgehead atoms. The highest BCUT2D eigenvalue weighted by Gasteiger charge is 2.43. The number of hydrogen-bond acceptors (Lipinski definition) is 5. The van der Waals surface area contributed by atoms with Crippen LogP contribution >= 0.6 is 0 Å². The third-order valence-corrected chi connectivity index (χ3v) is 4.76. The zero-order valence-corrected chi connectivity index (χ0v) is 14.2. The first-order valence-electron chi connectivity index (χ1n) is 8.15. The number of rotatable bonds is 6. The zero-order valence-electron chi connectivity index (χ0n) is 14.2. The number of carbonyl (C=O) groups is 1. The van der Waals surface area contributed by atoms with Crippen molar-refractivity contribution in [1.82, 2.24) is 15.1 Å². The van der Waals surface area contributed by atoms with Gasteiger partial charge in [-0.15, -0.1) is 0 Å². The fraction of sp³-hybridized carbons (Fsp3) is 0.938. The molecule has 1 unspecified atom stereocenters. The van der Waals surface area contributed by atoms with Gasteiger partial charge in [-0.1, -0.05) is 0 Å². The lowest BCUT2D eigenvalue weighted by Gasteiger charge is -2.47. The summed E-state index contributed by atoms with van der Waals surface area (Å²) in [6.45, 7) is 12.6. The molecule has 2 rings (SSSR count). The van der Waals surface area contributed by atoms with Gasteiger partial charge in [-0.25, -0.2) is 0 Å². The quantitative estimate of drug-likeness (QED) is 0.744. The Balaban J connectivity index is 2.02. The molecule has 0 radical (unpaired) electrons. The smallest absolute Gasteiger partial charge is 0.327 e. The van der Waals surface area contributed by atoms with Crippen molar-refractivity contribution in [2.45, 2.75) is 57.7 Å². The topological polar surface area (TPSA) is 44.8 Å². The summed E-state index contributed by atoms with van der Waals surface area (Å²) in [7, 11) is 2.17. The van der Waals surface area contributed by atoms with E-state index in [1.165, 1.54) is 12.8 Å². The molecule has 5 nitrogen and oxygen atoms in total. The highest BCUT2D eigenvalue weighted by molar-refractivity contribution is 5.80. The first kappa shape index (κ1) is 16.7. The minimum absolute atomic E-state index is 0.117. The number of esters is 1. The van der Waals surface area contributed by atoms with Gasteiger partial charge in [0.15, 0.2) is 0 Å². The van der Waals surface area contributed by atoms with Crippen molar-refractivity contribution in [1.29, 1.82) is 0 Å². The van der Waals surface area contributed by atoms with Crippen molar-refractivity contribution in [2.75, 3.05) is 39.8 Å². The molecule has 122 valence electrons. The Morgan fingerprint density at radius 3 is 2.57 bits per heavy atom. The minimum atomic E-state index is -0.594. The molecular weight excluding hydrogens is 266 g/mol. The number of carbonyl (C=O) groups excluding carboxylic acids is 1. The first-order valence-corrected chi connectivity index (χ1v) is 8.15. The second-order valence-corrected chi connectivity index (χ2v) is 7.42. The maximum atomic E-state index is 12.4. The molecule has 2 aliphatic rings. The Morgan fingerprint density at radius 2 is 2.05 bits per heavy atom. The maximum Gasteiger partial charge on any atom is 0.327 e. The van der Waals surface area contributed by atoms with Gasteiger partial charge in [0, 0.05) is 37.8 Å². The number of piperazine rings is 1. The van der Waals surface area contributed by atoms with Crippen molar-refractivity contribution >= 4 is 5.97 Å². The highest BCUT2D eigenvalue weighted by Crippen LogP contribution is 2.26. The Bertz CT molecular complexity index is 382. The van der Waals surface area contributed by atoms with Crippen LogP contribution in [0.2, 0.25) is 0 Å². The zero-order chi connectivity index (χ0) is 15.7. The number of hydrogen-bond donors (Lipinski definition) is 1. The van der Waals surface area contributed by atoms with Crippen LogP contribution in [0.1, 0.15) is 40.5 Å². The number of nitrogens with zero attached hydrogens (tertiary/aromatic N) is 2. The highest BCUT2D eigenvalue weighted by atomic mass is 16.5. The molecule has 5 heteroatoms. The largest absolute Gasteiger partial charge is 0.465 e. The number of nitrogens with one attached hydrogen (secondary N) is 1. The lowest BCUT2D eigenvalue weighted by atomic mass is 9.96. The summed E-state index contributed by atoms with van der Waals surface area (Å²) in [6.07, 6.45) is 2.34. The molecule has 21 heavy (non-hydrogen) atoms. The normalized spacial score (nSPS) is 26.3. The molecule has 0 aromatic heterocycles. The van der Waals surface area contributed by atoms with Crippen molar-refractivity contribution in [3.63, 3.8) is 0 Å². The molecule has 1 atom stereocenters. The van der Waals surface area contributed by atoms with Crippen molar-refractivity contribution in [2.24, 2.45) is 0 Å². The Morgan fingerprint density at radius 1 is 1.38 bits per heavy atom. The van der Waals surface area contributed by atoms with Crippen molar-refractivity contribution in [3.8, 4) is 0 Å². The summed E-state index contributed by atoms with van der Waals surface area (Å²) in [5.74, 6) is -0.117. The lowest BCUT2D eigenvalue weighted by Crippen LogP contribution is -2.64. The van der Waals surface area contributed by atoms with Crippen LogP contribution in [0.15, 0.2) is 0 Å². The fourth-order valence-electron chi connectivity index (χ4n) is 3.06. The van der Waals surface area contributed by atoms with Crippen LogP contribution in [0, 0.1) is 0 Å². The molecule has 1 aliphatic heterocycles. The molecule has 0 spiro atoms. The van der Waals surface area contributed by atoms with Gasteiger partial charge in [0.05, 0.1) is 6.61 Å². The predicted molar refractivity (Wildman–Crippen MR) is 84.3 cm³/mol. The molecular formula is C16H31N3O2. The monoisotopic (exact) mass is 297 g/mol. The van der Waals surface area contributed by atoms with Crippen LogP contribution in [0.4, 0.5) is 0 Å². The van der Waals surface area contributed by atoms with E-state index >= 15 is 0 Å². The summed E-state index contributed by atoms with van der Waals surface area (Å²) >= 11 is 0. The van der Waals surface area contributed by atoms with Gasteiger partial charge in [0.25, 0.3) is 0 Å². The molecule has 0 amide bonds. The minimum Gasteiger partial charge on any atom is -0.465 e. The second kappa shape index (κ2) is 6.23. The van der Waals surface area contributed by atoms with Gasteiger partial charge in [0.1, 0.15) is 5.54 Å². The molecule has 0 aromatic carbocycles. The van der Waals surface area contributed by atoms with Gasteiger partial charge in [0.2, 0.25) is 0 Å². The van der Waals surface area contributed by atoms with Gasteiger partial charge < -0.3 is 4.74 Å². The van der Waals surface area contributed by atoms with E-state index in [0.717, 1.165) is 26.2 Å². The van der Waals surface area contributed by atoms with Crippen LogP contribution in [0.5, 0.6) is 0 Å². The maximum absolute atomic E-state index is 12.4. The second-order valence-electron chi connectivity index (χ2n) is 7.42. The molecule has 2 fully saturated rings. The average Bonchev–Trinajstić information content (AvgIpc) is 3.17. The van der Waals surface area contributed by atoms with Crippen molar-refractivity contribution < 1.29 is 9.53 Å². The lowest BCUT2D eigenvalue weighted by molar-refractivity contribution is -0.152. The van der Waals surface area contributed by atoms with E-state index in [0.29, 0.717) is 12.6 Å². The summed E-state index contributed by atoms with van der Waals surface area (Å²) in [6, 6.07) is 0.486. The molecule has 1 saturated carbocycles. The van der Waals surface area contributed by atoms with Gasteiger partial charge in [-0.3, -0.25) is 19.9 Å². The van der Waals surface area contributed by atoms with Crippen LogP contribution < -0.4 is 5.32 Å². The standard InChI is InChI=1S/C16H31N3O2/c1-6-21-14(20)16(4,17-13-7-8-13)12-19-10-9-18(5)15(2,3)11-19/h13,17H,6-12H2,1-5H3. The molecule has 0 aromatic rings. The predicted octanol–water partition coefficient (Wildman–Crippen LogP) is 1.09. The Hall–Kier alpha value is -0.650. The van der Waals surface area contributed by atoms with Crippen LogP contribution in [-0.2, 0) is 9.53 Å². The van der Waals surface area contributed by atoms with Crippen LogP contribution in [0.3, 0.4) is 0 Å². The Labute approximate surface area is 129 Å². The molecule has 1 aliphatic carbocycles. The van der Waals surface area contributed by atoms with Gasteiger partial charge in [-0.05, 0) is 47.6 Å². The Kier molecular flexibility index (Phi) is 4.96. The van der Waals surface area contributed by atoms with Crippen molar-refractivity contribution in [3.05, 3.63) is 0 Å². The van der Waals surface area contributed by atoms with E-state index in [9.17, 15) is 4.79 Å². The number of likely N-dealkylation sites (N-methyl/N-ethyl adjacent to an activating group) is 1. The van der Waals surface area contributed by atoms with E-state index in [4.69, 9.17) is 4.74 Å². The van der Waals surface area contributed by atoms with E-state index in [1.54, 1.807) is 0 Å². The molecule has 1 heterocycles. The third-order valence-electron chi connectivity index (χ3n) is 4.76. The van der Waals surface area contributed by atoms with E-state index in [-0.39, 0.29) is 11.5 Å². The van der Waals surface area contributed by atoms with Crippen LogP contribution in [0.25, 0.3) is 0 Å². The first-order chi connectivity index (χ1) is 9.77. The SMILES string of the molecule is CCOC(=O)C(C)(CN1CCN(C)C(C)(C)C1)NC1CC1. The summed E-state index contributed by atoms with van der Waals surface area (Å²) < 4.78 is 5.31. The van der Waals surface area contributed by atoms with E-state index < -0.39 is 5.54 Å². The van der Waals surface area contributed by atoms with Crippen LogP contribution in [-0.4, -0.2) is 72.7 Å². The molecule has 1 N–H and O–H groups in total. The van der Waals surface area contributed by atoms with Gasteiger partial charge in [-0.2, -0.15) is 0 Å². The summed E-state index contributed by atoms with van der Waals surface area (Å²) in [5, 5.41) is 3.51. The van der Waals surface area contributed by atoms with Gasteiger partial charge >= 0.3 is 5.97 Å². The fourth-order valence-corrected chi connectivity index (χ4v) is 3.06. The average molecular weight is 297 g/mol. The molecule has 1 saturated heterocycles. The summed E-state index contributed by atoms with van der Waals surface area (Å²) in [5.41, 5.74) is -0.448. The summed E-state index contributed by atoms with van der Waals surface area (Å²) in [4.78, 5) is 17.2. The van der Waals surface area contributed by atoms with E-state index in [1.807, 2.05) is 13.8 Å².